The highest BCUT2D eigenvalue weighted by Gasteiger charge is 2.09. The van der Waals surface area contributed by atoms with Crippen molar-refractivity contribution in [3.05, 3.63) is 28.4 Å². The van der Waals surface area contributed by atoms with Gasteiger partial charge in [0.1, 0.15) is 0 Å². The second-order valence-electron chi connectivity index (χ2n) is 4.82. The summed E-state index contributed by atoms with van der Waals surface area (Å²) in [7, 11) is 0. The molecule has 2 aromatic rings. The van der Waals surface area contributed by atoms with Crippen molar-refractivity contribution in [2.24, 2.45) is 0 Å². The van der Waals surface area contributed by atoms with Crippen LogP contribution < -0.4 is 5.32 Å². The van der Waals surface area contributed by atoms with E-state index in [4.69, 9.17) is 21.8 Å². The first-order valence-electron chi connectivity index (χ1n) is 7.64. The van der Waals surface area contributed by atoms with Crippen LogP contribution in [0.4, 0.5) is 5.82 Å². The fraction of sp³-hybridized carbons (Fsp3) is 0.333. The summed E-state index contributed by atoms with van der Waals surface area (Å²) in [5, 5.41) is 21.3. The van der Waals surface area contributed by atoms with Crippen molar-refractivity contribution in [3.8, 4) is 23.7 Å². The van der Waals surface area contributed by atoms with Crippen LogP contribution in [0.5, 0.6) is 0 Å². The first-order valence-corrected chi connectivity index (χ1v) is 8.02. The van der Waals surface area contributed by atoms with E-state index in [1.807, 2.05) is 6.92 Å². The maximum absolute atomic E-state index is 8.84. The molecule has 2 rings (SSSR count). The molecular weight excluding hydrogens is 326 g/mol. The number of aromatic nitrogens is 2. The van der Waals surface area contributed by atoms with E-state index in [0.29, 0.717) is 52.5 Å². The third kappa shape index (κ3) is 4.59. The summed E-state index contributed by atoms with van der Waals surface area (Å²) in [6, 6.07) is 3.49. The Balaban J connectivity index is 2.52. The molecule has 5 nitrogen and oxygen atoms in total. The average molecular weight is 344 g/mol. The maximum Gasteiger partial charge on any atom is 0.161 e. The molecule has 0 aliphatic heterocycles. The highest BCUT2D eigenvalue weighted by molar-refractivity contribution is 6.32. The minimum Gasteiger partial charge on any atom is -0.395 e. The summed E-state index contributed by atoms with van der Waals surface area (Å²) in [5.41, 5.74) is 2.46. The second-order valence-corrected chi connectivity index (χ2v) is 5.23. The predicted octanol–water partition coefficient (Wildman–Crippen LogP) is 2.18. The van der Waals surface area contributed by atoms with Gasteiger partial charge in [-0.3, -0.25) is 0 Å². The number of aliphatic hydroxyl groups is 2. The molecule has 3 N–H and O–H groups in total. The van der Waals surface area contributed by atoms with Gasteiger partial charge < -0.3 is 15.5 Å². The lowest BCUT2D eigenvalue weighted by molar-refractivity contribution is 0.304. The Hall–Kier alpha value is -2.31. The molecule has 0 amide bonds. The van der Waals surface area contributed by atoms with Gasteiger partial charge in [-0.2, -0.15) is 0 Å². The third-order valence-corrected chi connectivity index (χ3v) is 3.31. The quantitative estimate of drug-likeness (QED) is 0.742. The Labute approximate surface area is 146 Å². The molecule has 0 saturated heterocycles. The molecule has 24 heavy (non-hydrogen) atoms. The molecule has 0 bridgehead atoms. The average Bonchev–Trinajstić information content (AvgIpc) is 2.57. The lowest BCUT2D eigenvalue weighted by Gasteiger charge is -2.08. The summed E-state index contributed by atoms with van der Waals surface area (Å²) in [6.07, 6.45) is 0.771. The Kier molecular flexibility index (Phi) is 6.84. The molecule has 0 aliphatic carbocycles. The fourth-order valence-electron chi connectivity index (χ4n) is 1.97. The van der Waals surface area contributed by atoms with Crippen molar-refractivity contribution < 1.29 is 10.2 Å². The van der Waals surface area contributed by atoms with Gasteiger partial charge in [0.2, 0.25) is 0 Å². The minimum atomic E-state index is 0.00620. The zero-order valence-corrected chi connectivity index (χ0v) is 14.1. The van der Waals surface area contributed by atoms with Crippen LogP contribution in [0.1, 0.15) is 31.0 Å². The van der Waals surface area contributed by atoms with E-state index < -0.39 is 0 Å². The third-order valence-electron chi connectivity index (χ3n) is 3.00. The maximum atomic E-state index is 8.84. The molecule has 1 aromatic carbocycles. The van der Waals surface area contributed by atoms with Crippen LogP contribution in [-0.2, 0) is 0 Å². The Morgan fingerprint density at radius 2 is 1.71 bits per heavy atom. The van der Waals surface area contributed by atoms with Crippen molar-refractivity contribution in [1.29, 1.82) is 0 Å². The second kappa shape index (κ2) is 9.10. The molecule has 0 atom stereocenters. The van der Waals surface area contributed by atoms with Crippen molar-refractivity contribution in [3.63, 3.8) is 0 Å². The summed E-state index contributed by atoms with van der Waals surface area (Å²) < 4.78 is 0. The van der Waals surface area contributed by atoms with Gasteiger partial charge in [0.15, 0.2) is 11.5 Å². The molecule has 1 aromatic heterocycles. The van der Waals surface area contributed by atoms with Gasteiger partial charge >= 0.3 is 0 Å². The standard InChI is InChI=1S/C18H18ClN3O2/c1-2-20-18-15(8-4-6-10-24)21-17-12-14(19)13(7-3-5-9-23)11-16(17)22-18/h11-12,23-24H,2,5-6,9-10H2,1H3,(H,20,22). The van der Waals surface area contributed by atoms with E-state index in [-0.39, 0.29) is 13.2 Å². The number of fused-ring (bicyclic) bond motifs is 1. The van der Waals surface area contributed by atoms with Gasteiger partial charge in [-0.25, -0.2) is 9.97 Å². The molecule has 0 aliphatic rings. The summed E-state index contributed by atoms with van der Waals surface area (Å²) >= 11 is 6.24. The molecule has 0 unspecified atom stereocenters. The summed E-state index contributed by atoms with van der Waals surface area (Å²) in [4.78, 5) is 9.07. The number of anilines is 1. The van der Waals surface area contributed by atoms with E-state index in [9.17, 15) is 0 Å². The number of rotatable bonds is 4. The molecule has 0 fully saturated rings. The first kappa shape index (κ1) is 18.0. The Morgan fingerprint density at radius 1 is 1.04 bits per heavy atom. The predicted molar refractivity (Wildman–Crippen MR) is 95.9 cm³/mol. The molecular formula is C18H18ClN3O2. The Bertz CT molecular complexity index is 844. The van der Waals surface area contributed by atoms with Gasteiger partial charge in [-0.15, -0.1) is 0 Å². The SMILES string of the molecule is CCNc1nc2cc(C#CCCO)c(Cl)cc2nc1C#CCCO. The van der Waals surface area contributed by atoms with Crippen molar-refractivity contribution >= 4 is 28.5 Å². The highest BCUT2D eigenvalue weighted by atomic mass is 35.5. The lowest BCUT2D eigenvalue weighted by atomic mass is 10.2. The number of nitrogens with one attached hydrogen (secondary N) is 1. The summed E-state index contributed by atoms with van der Waals surface area (Å²) in [6.45, 7) is 2.67. The highest BCUT2D eigenvalue weighted by Crippen LogP contribution is 2.23. The number of hydrogen-bond donors (Lipinski definition) is 3. The number of benzene rings is 1. The smallest absolute Gasteiger partial charge is 0.161 e. The molecule has 124 valence electrons. The van der Waals surface area contributed by atoms with Crippen molar-refractivity contribution in [2.75, 3.05) is 25.1 Å². The van der Waals surface area contributed by atoms with Crippen LogP contribution in [-0.4, -0.2) is 39.9 Å². The van der Waals surface area contributed by atoms with Gasteiger partial charge in [0.25, 0.3) is 0 Å². The topological polar surface area (TPSA) is 78.3 Å². The number of nitrogens with zero attached hydrogens (tertiary/aromatic N) is 2. The van der Waals surface area contributed by atoms with E-state index >= 15 is 0 Å². The van der Waals surface area contributed by atoms with E-state index in [0.717, 1.165) is 0 Å². The van der Waals surface area contributed by atoms with Crippen molar-refractivity contribution in [1.82, 2.24) is 9.97 Å². The van der Waals surface area contributed by atoms with E-state index in [1.54, 1.807) is 12.1 Å². The largest absolute Gasteiger partial charge is 0.395 e. The summed E-state index contributed by atoms with van der Waals surface area (Å²) in [5.74, 6) is 12.1. The van der Waals surface area contributed by atoms with E-state index in [1.165, 1.54) is 0 Å². The molecule has 0 spiro atoms. The van der Waals surface area contributed by atoms with Gasteiger partial charge in [0.05, 0.1) is 29.3 Å². The van der Waals surface area contributed by atoms with Crippen LogP contribution in [0, 0.1) is 23.7 Å². The van der Waals surface area contributed by atoms with Gasteiger partial charge in [0, 0.05) is 24.9 Å². The fourth-order valence-corrected chi connectivity index (χ4v) is 2.17. The zero-order chi connectivity index (χ0) is 17.4. The number of aliphatic hydroxyl groups excluding tert-OH is 2. The normalized spacial score (nSPS) is 9.83. The molecule has 6 heteroatoms. The van der Waals surface area contributed by atoms with Gasteiger partial charge in [-0.05, 0) is 25.0 Å². The zero-order valence-electron chi connectivity index (χ0n) is 13.4. The Morgan fingerprint density at radius 3 is 2.38 bits per heavy atom. The van der Waals surface area contributed by atoms with Crippen LogP contribution in [0.25, 0.3) is 11.0 Å². The minimum absolute atomic E-state index is 0.00620. The number of hydrogen-bond acceptors (Lipinski definition) is 5. The van der Waals surface area contributed by atoms with Crippen LogP contribution >= 0.6 is 11.6 Å². The van der Waals surface area contributed by atoms with E-state index in [2.05, 4.69) is 39.0 Å². The molecule has 0 saturated carbocycles. The van der Waals surface area contributed by atoms with Crippen LogP contribution in [0.3, 0.4) is 0 Å². The lowest BCUT2D eigenvalue weighted by Crippen LogP contribution is -2.04. The van der Waals surface area contributed by atoms with Gasteiger partial charge in [-0.1, -0.05) is 29.4 Å². The molecule has 0 radical (unpaired) electrons. The monoisotopic (exact) mass is 343 g/mol. The number of halogens is 1. The van der Waals surface area contributed by atoms with Crippen molar-refractivity contribution in [2.45, 2.75) is 19.8 Å². The van der Waals surface area contributed by atoms with Crippen LogP contribution in [0.2, 0.25) is 5.02 Å². The first-order chi connectivity index (χ1) is 11.7. The van der Waals surface area contributed by atoms with Crippen LogP contribution in [0.15, 0.2) is 12.1 Å². The molecule has 1 heterocycles.